The third-order valence-electron chi connectivity index (χ3n) is 12.6. The zero-order valence-corrected chi connectivity index (χ0v) is 35.1. The van der Waals surface area contributed by atoms with Crippen LogP contribution in [0.25, 0.3) is 0 Å². The Balaban J connectivity index is 0.833. The van der Waals surface area contributed by atoms with E-state index in [1.807, 2.05) is 4.90 Å². The number of carbonyl (C=O) groups excluding carboxylic acids is 2. The maximum absolute atomic E-state index is 15.9. The number of likely N-dealkylation sites (tertiary alicyclic amines) is 2. The summed E-state index contributed by atoms with van der Waals surface area (Å²) in [5, 5.41) is 16.0. The number of rotatable bonds is 10. The Labute approximate surface area is 354 Å². The van der Waals surface area contributed by atoms with Gasteiger partial charge in [-0.25, -0.2) is 31.7 Å². The van der Waals surface area contributed by atoms with Gasteiger partial charge in [-0.05, 0) is 94.0 Å². The maximum Gasteiger partial charge on any atom is 0.421 e. The topological polar surface area (TPSA) is 163 Å². The lowest BCUT2D eigenvalue weighted by Crippen LogP contribution is -2.73. The third kappa shape index (κ3) is 8.88. The molecule has 3 aromatic rings. The molecule has 1 aliphatic carbocycles. The summed E-state index contributed by atoms with van der Waals surface area (Å²) >= 11 is 6.37. The second-order valence-electron chi connectivity index (χ2n) is 17.4. The number of aryl methyl sites for hydroxylation is 1. The highest BCUT2D eigenvalue weighted by Gasteiger charge is 2.63. The van der Waals surface area contributed by atoms with Crippen LogP contribution in [0.15, 0.2) is 47.5 Å². The Hall–Kier alpha value is -4.21. The van der Waals surface area contributed by atoms with E-state index >= 15 is 8.78 Å². The van der Waals surface area contributed by atoms with E-state index in [1.165, 1.54) is 28.0 Å². The van der Waals surface area contributed by atoms with Crippen molar-refractivity contribution in [2.45, 2.75) is 93.6 Å². The quantitative estimate of drug-likeness (QED) is 0.186. The van der Waals surface area contributed by atoms with Gasteiger partial charge in [-0.2, -0.15) is 18.2 Å². The number of halogens is 6. The van der Waals surface area contributed by atoms with E-state index in [-0.39, 0.29) is 86.8 Å². The van der Waals surface area contributed by atoms with Crippen molar-refractivity contribution < 1.29 is 45.1 Å². The van der Waals surface area contributed by atoms with Crippen LogP contribution in [0.3, 0.4) is 0 Å². The minimum absolute atomic E-state index is 0.0128. The summed E-state index contributed by atoms with van der Waals surface area (Å²) in [7, 11) is -3.97. The molecule has 1 spiro atoms. The van der Waals surface area contributed by atoms with Crippen LogP contribution in [0.5, 0.6) is 0 Å². The summed E-state index contributed by atoms with van der Waals surface area (Å²) in [5.74, 6) is -3.82. The fraction of sp³-hybridized carbons (Fsp3) is 0.550. The highest BCUT2D eigenvalue weighted by atomic mass is 35.5. The largest absolute Gasteiger partial charge is 0.421 e. The normalized spacial score (nSPS) is 25.9. The lowest BCUT2D eigenvalue weighted by atomic mass is 9.67. The van der Waals surface area contributed by atoms with Crippen LogP contribution < -0.4 is 25.2 Å². The van der Waals surface area contributed by atoms with E-state index in [0.29, 0.717) is 65.9 Å². The first-order valence-electron chi connectivity index (χ1n) is 20.2. The van der Waals surface area contributed by atoms with Crippen LogP contribution in [-0.4, -0.2) is 115 Å². The molecule has 14 nitrogen and oxygen atoms in total. The standard InChI is InChI=1S/C40H47ClF5N9O5S/c1-24-14-28(5-7-31(24)48-35-47-18-29(40(44,45)46)34(50-35)53-11-3-9-37(2,58)20-53)61(59,60)51-26-16-27(17-26)54-21-38(22-54)10-13-52(23-39(38,42)43)19-25-4-6-30(41)32(15-25)55-12-8-33(56)49-36(55)57/h4-7,14-15,18,26-27,51,58H,3,8-13,16-17,19-23H2,1-2H3,(H,47,48,50)(H,49,56,57)/t26?,27?,37-/m0/s1. The first-order chi connectivity index (χ1) is 28.6. The molecule has 330 valence electrons. The summed E-state index contributed by atoms with van der Waals surface area (Å²) in [4.78, 5) is 38.5. The first kappa shape index (κ1) is 43.4. The molecule has 0 bridgehead atoms. The molecule has 2 aromatic carbocycles. The van der Waals surface area contributed by atoms with E-state index in [4.69, 9.17) is 11.6 Å². The number of piperidine rings is 2. The fourth-order valence-corrected chi connectivity index (χ4v) is 10.7. The van der Waals surface area contributed by atoms with Gasteiger partial charge in [0.1, 0.15) is 11.4 Å². The number of hydrogen-bond donors (Lipinski definition) is 4. The Morgan fingerprint density at radius 1 is 1.02 bits per heavy atom. The number of aromatic nitrogens is 2. The molecule has 5 aliphatic rings. The highest BCUT2D eigenvalue weighted by molar-refractivity contribution is 7.89. The van der Waals surface area contributed by atoms with Crippen molar-refractivity contribution in [3.8, 4) is 0 Å². The third-order valence-corrected chi connectivity index (χ3v) is 14.5. The van der Waals surface area contributed by atoms with Crippen LogP contribution in [0.2, 0.25) is 5.02 Å². The monoisotopic (exact) mass is 895 g/mol. The summed E-state index contributed by atoms with van der Waals surface area (Å²) in [6.07, 6.45) is -1.77. The lowest BCUT2D eigenvalue weighted by Gasteiger charge is -2.61. The summed E-state index contributed by atoms with van der Waals surface area (Å²) in [5.41, 5.74) is -1.40. The van der Waals surface area contributed by atoms with Gasteiger partial charge >= 0.3 is 12.2 Å². The molecule has 4 N–H and O–H groups in total. The molecule has 0 radical (unpaired) electrons. The van der Waals surface area contributed by atoms with Crippen molar-refractivity contribution in [2.24, 2.45) is 5.41 Å². The first-order valence-corrected chi connectivity index (χ1v) is 22.0. The molecule has 21 heteroatoms. The number of nitrogens with one attached hydrogen (secondary N) is 3. The smallest absolute Gasteiger partial charge is 0.388 e. The van der Waals surface area contributed by atoms with Crippen molar-refractivity contribution in [1.29, 1.82) is 0 Å². The van der Waals surface area contributed by atoms with Crippen LogP contribution >= 0.6 is 11.6 Å². The van der Waals surface area contributed by atoms with Crippen molar-refractivity contribution >= 4 is 56.7 Å². The minimum atomic E-state index is -4.73. The molecule has 4 saturated heterocycles. The predicted octanol–water partition coefficient (Wildman–Crippen LogP) is 5.65. The lowest BCUT2D eigenvalue weighted by molar-refractivity contribution is -0.237. The van der Waals surface area contributed by atoms with E-state index in [2.05, 4.69) is 25.3 Å². The van der Waals surface area contributed by atoms with Crippen LogP contribution in [0.1, 0.15) is 62.1 Å². The van der Waals surface area contributed by atoms with Gasteiger partial charge in [0.25, 0.3) is 5.92 Å². The van der Waals surface area contributed by atoms with Gasteiger partial charge in [-0.15, -0.1) is 0 Å². The summed E-state index contributed by atoms with van der Waals surface area (Å²) in [6, 6.07) is 8.33. The number of aliphatic hydroxyl groups is 1. The zero-order valence-electron chi connectivity index (χ0n) is 33.5. The molecule has 4 aliphatic heterocycles. The molecule has 5 fully saturated rings. The van der Waals surface area contributed by atoms with E-state index in [0.717, 1.165) is 0 Å². The van der Waals surface area contributed by atoms with Crippen molar-refractivity contribution in [1.82, 2.24) is 29.8 Å². The molecule has 1 aromatic heterocycles. The number of carbonyl (C=O) groups is 2. The van der Waals surface area contributed by atoms with Gasteiger partial charge in [0.05, 0.1) is 33.2 Å². The Morgan fingerprint density at radius 2 is 1.77 bits per heavy atom. The van der Waals surface area contributed by atoms with Gasteiger partial charge in [-0.1, -0.05) is 17.7 Å². The molecule has 5 heterocycles. The number of sulfonamides is 1. The summed E-state index contributed by atoms with van der Waals surface area (Å²) in [6.45, 7) is 4.28. The number of amides is 3. The number of hydrogen-bond acceptors (Lipinski definition) is 11. The maximum atomic E-state index is 15.9. The average Bonchev–Trinajstić information content (AvgIpc) is 3.13. The van der Waals surface area contributed by atoms with Crippen molar-refractivity contribution in [2.75, 3.05) is 60.9 Å². The van der Waals surface area contributed by atoms with Gasteiger partial charge < -0.3 is 15.3 Å². The summed E-state index contributed by atoms with van der Waals surface area (Å²) < 4.78 is 103. The number of β-amino-alcohol motifs (C(OH)–C–C–N with tert-alkyl or cyclic N) is 1. The molecular weight excluding hydrogens is 849 g/mol. The number of urea groups is 1. The van der Waals surface area contributed by atoms with Gasteiger partial charge in [0, 0.05) is 69.7 Å². The average molecular weight is 896 g/mol. The molecule has 0 unspecified atom stereocenters. The SMILES string of the molecule is Cc1cc(S(=O)(=O)NC2CC(N3CC4(CCN(Cc5ccc(Cl)c(N6CCC(=O)NC6=O)c5)CC4(F)F)C3)C2)ccc1Nc1ncc(C(F)(F)F)c(N2CCC[C@](C)(O)C2)n1. The van der Waals surface area contributed by atoms with Gasteiger partial charge in [-0.3, -0.25) is 24.8 Å². The van der Waals surface area contributed by atoms with Crippen molar-refractivity contribution in [3.63, 3.8) is 0 Å². The van der Waals surface area contributed by atoms with E-state index in [1.54, 1.807) is 36.9 Å². The van der Waals surface area contributed by atoms with Gasteiger partial charge in [0.2, 0.25) is 21.9 Å². The Bertz CT molecular complexity index is 2330. The van der Waals surface area contributed by atoms with E-state index < -0.39 is 51.3 Å². The Morgan fingerprint density at radius 3 is 2.44 bits per heavy atom. The number of imide groups is 1. The number of alkyl halides is 5. The second-order valence-corrected chi connectivity index (χ2v) is 19.5. The molecular formula is C40H47ClF5N9O5S. The molecule has 3 amide bonds. The molecule has 1 saturated carbocycles. The molecule has 1 atom stereocenters. The molecule has 8 rings (SSSR count). The number of anilines is 4. The van der Waals surface area contributed by atoms with E-state index in [9.17, 15) is 36.3 Å². The van der Waals surface area contributed by atoms with Crippen LogP contribution in [-0.2, 0) is 27.5 Å². The minimum Gasteiger partial charge on any atom is -0.388 e. The van der Waals surface area contributed by atoms with Crippen LogP contribution in [0.4, 0.5) is 49.9 Å². The Kier molecular flexibility index (Phi) is 11.3. The van der Waals surface area contributed by atoms with Crippen LogP contribution in [0, 0.1) is 12.3 Å². The highest BCUT2D eigenvalue weighted by Crippen LogP contribution is 2.52. The van der Waals surface area contributed by atoms with Gasteiger partial charge in [0.15, 0.2) is 0 Å². The zero-order chi connectivity index (χ0) is 43.7. The molecule has 61 heavy (non-hydrogen) atoms. The number of nitrogens with zero attached hydrogens (tertiary/aromatic N) is 6. The fourth-order valence-electron chi connectivity index (χ4n) is 9.12. The number of benzene rings is 2. The predicted molar refractivity (Wildman–Crippen MR) is 216 cm³/mol. The van der Waals surface area contributed by atoms with Crippen molar-refractivity contribution in [3.05, 3.63) is 64.3 Å². The second kappa shape index (κ2) is 15.9.